The van der Waals surface area contributed by atoms with Gasteiger partial charge < -0.3 is 4.90 Å². The van der Waals surface area contributed by atoms with Crippen molar-refractivity contribution in [2.75, 3.05) is 24.2 Å². The predicted molar refractivity (Wildman–Crippen MR) is 119 cm³/mol. The van der Waals surface area contributed by atoms with Crippen molar-refractivity contribution in [2.45, 2.75) is 17.7 Å². The molecule has 3 heterocycles. The zero-order valence-corrected chi connectivity index (χ0v) is 18.6. The SMILES string of the molecule is Cn1c(N2CCCC(C(=O)c3ccc(S(C)(=O)=O)cc3)C2)nc(-c2ccncn2)cc1=O. The molecule has 1 aliphatic heterocycles. The van der Waals surface area contributed by atoms with Gasteiger partial charge in [-0.15, -0.1) is 0 Å². The summed E-state index contributed by atoms with van der Waals surface area (Å²) < 4.78 is 24.8. The van der Waals surface area contributed by atoms with Crippen LogP contribution in [0.2, 0.25) is 0 Å². The molecular formula is C22H23N5O4S. The standard InChI is InChI=1S/C22H23N5O4S/c1-26-20(28)12-19(18-9-10-23-14-24-18)25-22(26)27-11-3-4-16(13-27)21(29)15-5-7-17(8-6-15)32(2,30)31/h5-10,12,14,16H,3-4,11,13H2,1-2H3. The maximum Gasteiger partial charge on any atom is 0.255 e. The molecule has 3 aromatic rings. The number of sulfone groups is 1. The number of anilines is 1. The van der Waals surface area contributed by atoms with Crippen LogP contribution in [-0.2, 0) is 16.9 Å². The van der Waals surface area contributed by atoms with Crippen molar-refractivity contribution < 1.29 is 13.2 Å². The molecule has 2 aromatic heterocycles. The van der Waals surface area contributed by atoms with Crippen LogP contribution >= 0.6 is 0 Å². The van der Waals surface area contributed by atoms with Crippen molar-refractivity contribution in [3.63, 3.8) is 0 Å². The average Bonchev–Trinajstić information content (AvgIpc) is 2.80. The lowest BCUT2D eigenvalue weighted by atomic mass is 9.90. The van der Waals surface area contributed by atoms with Crippen molar-refractivity contribution in [3.8, 4) is 11.4 Å². The number of aromatic nitrogens is 4. The van der Waals surface area contributed by atoms with Gasteiger partial charge in [0.05, 0.1) is 16.3 Å². The van der Waals surface area contributed by atoms with Gasteiger partial charge in [0.1, 0.15) is 6.33 Å². The summed E-state index contributed by atoms with van der Waals surface area (Å²) >= 11 is 0. The molecule has 0 amide bonds. The summed E-state index contributed by atoms with van der Waals surface area (Å²) in [6, 6.07) is 9.15. The first kappa shape index (κ1) is 21.8. The number of ketones is 1. The van der Waals surface area contributed by atoms with Crippen LogP contribution in [0.1, 0.15) is 23.2 Å². The molecule has 0 bridgehead atoms. The monoisotopic (exact) mass is 453 g/mol. The zero-order chi connectivity index (χ0) is 22.9. The molecule has 1 aliphatic rings. The van der Waals surface area contributed by atoms with E-state index in [1.165, 1.54) is 29.1 Å². The lowest BCUT2D eigenvalue weighted by Gasteiger charge is -2.33. The molecule has 1 atom stereocenters. The Balaban J connectivity index is 1.60. The van der Waals surface area contributed by atoms with Crippen LogP contribution in [-0.4, -0.2) is 53.1 Å². The van der Waals surface area contributed by atoms with Gasteiger partial charge in [0.2, 0.25) is 5.95 Å². The second-order valence-corrected chi connectivity index (χ2v) is 9.89. The van der Waals surface area contributed by atoms with Gasteiger partial charge in [-0.3, -0.25) is 14.2 Å². The number of Topliss-reactive ketones (excluding diaryl/α,β-unsaturated/α-hetero) is 1. The zero-order valence-electron chi connectivity index (χ0n) is 17.8. The summed E-state index contributed by atoms with van der Waals surface area (Å²) in [5.74, 6) is 0.148. The molecular weight excluding hydrogens is 430 g/mol. The van der Waals surface area contributed by atoms with E-state index < -0.39 is 9.84 Å². The van der Waals surface area contributed by atoms with Crippen LogP contribution in [0.4, 0.5) is 5.95 Å². The molecule has 1 aromatic carbocycles. The number of nitrogens with zero attached hydrogens (tertiary/aromatic N) is 5. The van der Waals surface area contributed by atoms with E-state index in [2.05, 4.69) is 15.0 Å². The molecule has 1 unspecified atom stereocenters. The Bertz CT molecular complexity index is 1300. The van der Waals surface area contributed by atoms with Crippen LogP contribution in [0.15, 0.2) is 58.6 Å². The molecule has 9 nitrogen and oxygen atoms in total. The normalized spacial score (nSPS) is 16.7. The molecule has 1 fully saturated rings. The number of benzene rings is 1. The number of piperidine rings is 1. The Morgan fingerprint density at radius 3 is 2.53 bits per heavy atom. The van der Waals surface area contributed by atoms with Gasteiger partial charge in [-0.25, -0.2) is 23.4 Å². The fourth-order valence-electron chi connectivity index (χ4n) is 3.86. The largest absolute Gasteiger partial charge is 0.341 e. The predicted octanol–water partition coefficient (Wildman–Crippen LogP) is 1.74. The molecule has 166 valence electrons. The summed E-state index contributed by atoms with van der Waals surface area (Å²) in [5.41, 5.74) is 1.26. The highest BCUT2D eigenvalue weighted by Crippen LogP contribution is 2.25. The fraction of sp³-hybridized carbons (Fsp3) is 0.318. The quantitative estimate of drug-likeness (QED) is 0.537. The van der Waals surface area contributed by atoms with E-state index in [-0.39, 0.29) is 22.2 Å². The van der Waals surface area contributed by atoms with Gasteiger partial charge in [-0.05, 0) is 31.0 Å². The lowest BCUT2D eigenvalue weighted by Crippen LogP contribution is -2.42. The van der Waals surface area contributed by atoms with Gasteiger partial charge in [0.25, 0.3) is 5.56 Å². The Kier molecular flexibility index (Phi) is 5.88. The third-order valence-electron chi connectivity index (χ3n) is 5.60. The Labute approximate surface area is 185 Å². The lowest BCUT2D eigenvalue weighted by molar-refractivity contribution is 0.0906. The van der Waals surface area contributed by atoms with E-state index in [0.29, 0.717) is 42.4 Å². The minimum absolute atomic E-state index is 0.0493. The van der Waals surface area contributed by atoms with Gasteiger partial charge in [-0.2, -0.15) is 0 Å². The average molecular weight is 454 g/mol. The molecule has 0 spiro atoms. The number of hydrogen-bond donors (Lipinski definition) is 0. The van der Waals surface area contributed by atoms with E-state index in [9.17, 15) is 18.0 Å². The van der Waals surface area contributed by atoms with Crippen molar-refractivity contribution in [3.05, 3.63) is 64.8 Å². The van der Waals surface area contributed by atoms with E-state index in [0.717, 1.165) is 12.7 Å². The number of rotatable bonds is 5. The molecule has 32 heavy (non-hydrogen) atoms. The second kappa shape index (κ2) is 8.62. The Hall–Kier alpha value is -3.40. The highest BCUT2D eigenvalue weighted by molar-refractivity contribution is 7.90. The summed E-state index contributed by atoms with van der Waals surface area (Å²) in [7, 11) is -1.66. The van der Waals surface area contributed by atoms with E-state index >= 15 is 0 Å². The molecule has 0 aliphatic carbocycles. The summed E-state index contributed by atoms with van der Waals surface area (Å²) in [5, 5.41) is 0. The third kappa shape index (κ3) is 4.45. The maximum absolute atomic E-state index is 13.1. The summed E-state index contributed by atoms with van der Waals surface area (Å²) in [6.45, 7) is 1.09. The van der Waals surface area contributed by atoms with Gasteiger partial charge in [-0.1, -0.05) is 12.1 Å². The second-order valence-electron chi connectivity index (χ2n) is 7.88. The molecule has 4 rings (SSSR count). The number of carbonyl (C=O) groups excluding carboxylic acids is 1. The maximum atomic E-state index is 13.1. The van der Waals surface area contributed by atoms with Crippen molar-refractivity contribution >= 4 is 21.6 Å². The first-order valence-electron chi connectivity index (χ1n) is 10.2. The highest BCUT2D eigenvalue weighted by atomic mass is 32.2. The van der Waals surface area contributed by atoms with Crippen molar-refractivity contribution in [1.29, 1.82) is 0 Å². The summed E-state index contributed by atoms with van der Waals surface area (Å²) in [4.78, 5) is 40.5. The highest BCUT2D eigenvalue weighted by Gasteiger charge is 2.29. The third-order valence-corrected chi connectivity index (χ3v) is 6.73. The smallest absolute Gasteiger partial charge is 0.255 e. The fourth-order valence-corrected chi connectivity index (χ4v) is 4.49. The molecule has 10 heteroatoms. The first-order valence-corrected chi connectivity index (χ1v) is 12.1. The van der Waals surface area contributed by atoms with Crippen molar-refractivity contribution in [1.82, 2.24) is 19.5 Å². The molecule has 0 radical (unpaired) electrons. The molecule has 0 N–H and O–H groups in total. The van der Waals surface area contributed by atoms with Gasteiger partial charge in [0.15, 0.2) is 15.6 Å². The topological polar surface area (TPSA) is 115 Å². The number of carbonyl (C=O) groups is 1. The van der Waals surface area contributed by atoms with Crippen LogP contribution < -0.4 is 10.5 Å². The van der Waals surface area contributed by atoms with Gasteiger partial charge in [0, 0.05) is 50.1 Å². The Morgan fingerprint density at radius 1 is 1.12 bits per heavy atom. The van der Waals surface area contributed by atoms with Crippen LogP contribution in [0, 0.1) is 5.92 Å². The minimum atomic E-state index is -3.32. The number of hydrogen-bond acceptors (Lipinski definition) is 8. The summed E-state index contributed by atoms with van der Waals surface area (Å²) in [6.07, 6.45) is 5.61. The van der Waals surface area contributed by atoms with Gasteiger partial charge >= 0.3 is 0 Å². The van der Waals surface area contributed by atoms with Crippen LogP contribution in [0.3, 0.4) is 0 Å². The van der Waals surface area contributed by atoms with Crippen LogP contribution in [0.25, 0.3) is 11.4 Å². The first-order chi connectivity index (χ1) is 15.2. The van der Waals surface area contributed by atoms with Crippen molar-refractivity contribution in [2.24, 2.45) is 13.0 Å². The van der Waals surface area contributed by atoms with E-state index in [1.54, 1.807) is 31.4 Å². The Morgan fingerprint density at radius 2 is 1.88 bits per heavy atom. The van der Waals surface area contributed by atoms with Crippen LogP contribution in [0.5, 0.6) is 0 Å². The molecule has 0 saturated carbocycles. The molecule has 1 saturated heterocycles. The van der Waals surface area contributed by atoms with E-state index in [4.69, 9.17) is 0 Å². The minimum Gasteiger partial charge on any atom is -0.341 e. The van der Waals surface area contributed by atoms with E-state index in [1.807, 2.05) is 4.90 Å².